The van der Waals surface area contributed by atoms with Crippen molar-refractivity contribution in [1.82, 2.24) is 15.6 Å². The highest BCUT2D eigenvalue weighted by molar-refractivity contribution is 8.00. The molecule has 0 spiro atoms. The maximum absolute atomic E-state index is 12.3. The number of cyclic esters (lactones) is 1. The highest BCUT2D eigenvalue weighted by Crippen LogP contribution is 2.26. The Hall–Kier alpha value is -2.27. The number of amides is 1. The van der Waals surface area contributed by atoms with E-state index in [1.165, 1.54) is 18.4 Å². The summed E-state index contributed by atoms with van der Waals surface area (Å²) in [5, 5.41) is 11.4. The van der Waals surface area contributed by atoms with E-state index in [2.05, 4.69) is 20.8 Å². The predicted molar refractivity (Wildman–Crippen MR) is 90.4 cm³/mol. The van der Waals surface area contributed by atoms with Crippen molar-refractivity contribution in [3.8, 4) is 0 Å². The number of hydrogen-bond acceptors (Lipinski definition) is 10. The number of hydrogen-bond donors (Lipinski definition) is 3. The Kier molecular flexibility index (Phi) is 4.90. The summed E-state index contributed by atoms with van der Waals surface area (Å²) < 4.78 is 4.97. The molecule has 0 aromatic carbocycles. The van der Waals surface area contributed by atoms with Crippen LogP contribution in [0.25, 0.3) is 0 Å². The lowest BCUT2D eigenvalue weighted by atomic mass is 10.2. The number of nitrogens with one attached hydrogen (secondary N) is 2. The largest absolute Gasteiger partial charge is 0.456 e. The number of ether oxygens (including phenoxy) is 1. The normalized spacial score (nSPS) is 20.3. The van der Waals surface area contributed by atoms with Crippen LogP contribution in [0.15, 0.2) is 21.8 Å². The first kappa shape index (κ1) is 16.6. The van der Waals surface area contributed by atoms with Crippen LogP contribution in [0.1, 0.15) is 5.69 Å². The molecule has 9 nitrogen and oxygen atoms in total. The van der Waals surface area contributed by atoms with Crippen LogP contribution in [0.2, 0.25) is 0 Å². The minimum atomic E-state index is -0.432. The Labute approximate surface area is 145 Å². The van der Waals surface area contributed by atoms with Crippen molar-refractivity contribution in [3.63, 3.8) is 0 Å². The average Bonchev–Trinajstić information content (AvgIpc) is 3.16. The Morgan fingerprint density at radius 3 is 3.21 bits per heavy atom. The van der Waals surface area contributed by atoms with Crippen LogP contribution in [-0.4, -0.2) is 54.0 Å². The number of carbonyl (C=O) groups is 2. The third-order valence-electron chi connectivity index (χ3n) is 3.31. The third-order valence-corrected chi connectivity index (χ3v) is 5.19. The van der Waals surface area contributed by atoms with Crippen molar-refractivity contribution in [1.29, 1.82) is 0 Å². The van der Waals surface area contributed by atoms with E-state index in [4.69, 9.17) is 15.3 Å². The fraction of sp³-hybridized carbons (Fsp3) is 0.385. The molecule has 24 heavy (non-hydrogen) atoms. The van der Waals surface area contributed by atoms with E-state index in [1.54, 1.807) is 17.1 Å². The Bertz CT molecular complexity index is 730. The summed E-state index contributed by atoms with van der Waals surface area (Å²) in [7, 11) is 1.35. The van der Waals surface area contributed by atoms with Crippen molar-refractivity contribution in [2.75, 3.05) is 31.7 Å². The molecule has 1 aromatic heterocycles. The lowest BCUT2D eigenvalue weighted by molar-refractivity contribution is -0.136. The number of esters is 1. The standard InChI is InChI=1S/C13H15N5O4S2/c1-21-18-10(7-5-24-13(14)16-7)11(19)15-2-8-17-9-6(4-23-8)3-22-12(9)20/h5,8,17H,2-4H2,1H3,(H2,14,16)(H,15,19)/b18-10+/t8-/m1/s1. The first-order valence-corrected chi connectivity index (χ1v) is 8.89. The van der Waals surface area contributed by atoms with Crippen molar-refractivity contribution in [2.45, 2.75) is 5.37 Å². The van der Waals surface area contributed by atoms with E-state index in [9.17, 15) is 9.59 Å². The topological polar surface area (TPSA) is 128 Å². The molecular formula is C13H15N5O4S2. The summed E-state index contributed by atoms with van der Waals surface area (Å²) in [6, 6.07) is 0. The number of oxime groups is 1. The lowest BCUT2D eigenvalue weighted by Gasteiger charge is -2.24. The van der Waals surface area contributed by atoms with Gasteiger partial charge >= 0.3 is 5.97 Å². The minimum Gasteiger partial charge on any atom is -0.456 e. The molecule has 0 aliphatic carbocycles. The van der Waals surface area contributed by atoms with E-state index < -0.39 is 5.91 Å². The second-order valence-electron chi connectivity index (χ2n) is 4.90. The van der Waals surface area contributed by atoms with Crippen LogP contribution >= 0.6 is 23.1 Å². The van der Waals surface area contributed by atoms with Crippen LogP contribution in [-0.2, 0) is 19.2 Å². The fourth-order valence-electron chi connectivity index (χ4n) is 2.19. The molecule has 0 unspecified atom stereocenters. The lowest BCUT2D eigenvalue weighted by Crippen LogP contribution is -2.43. The number of aromatic nitrogens is 1. The minimum absolute atomic E-state index is 0.0476. The van der Waals surface area contributed by atoms with Crippen LogP contribution < -0.4 is 16.4 Å². The maximum atomic E-state index is 12.3. The molecule has 2 aliphatic heterocycles. The maximum Gasteiger partial charge on any atom is 0.354 e. The molecule has 0 radical (unpaired) electrons. The SMILES string of the molecule is CO/N=C(/C(=O)NC[C@@H]1NC2=C(COC2=O)CS1)c1csc(N)n1. The van der Waals surface area contributed by atoms with E-state index >= 15 is 0 Å². The summed E-state index contributed by atoms with van der Waals surface area (Å²) in [5.41, 5.74) is 7.44. The summed E-state index contributed by atoms with van der Waals surface area (Å²) in [4.78, 5) is 32.7. The van der Waals surface area contributed by atoms with Gasteiger partial charge in [0.05, 0.1) is 5.37 Å². The van der Waals surface area contributed by atoms with Crippen molar-refractivity contribution < 1.29 is 19.2 Å². The molecule has 0 bridgehead atoms. The zero-order chi connectivity index (χ0) is 17.1. The van der Waals surface area contributed by atoms with E-state index in [-0.39, 0.29) is 17.1 Å². The third kappa shape index (κ3) is 3.46. The molecule has 1 amide bonds. The van der Waals surface area contributed by atoms with Crippen molar-refractivity contribution >= 4 is 45.8 Å². The number of carbonyl (C=O) groups excluding carboxylic acids is 2. The fourth-order valence-corrected chi connectivity index (χ4v) is 3.77. The van der Waals surface area contributed by atoms with Gasteiger partial charge in [0.1, 0.15) is 25.1 Å². The van der Waals surface area contributed by atoms with Gasteiger partial charge in [-0.15, -0.1) is 23.1 Å². The summed E-state index contributed by atoms with van der Waals surface area (Å²) >= 11 is 2.80. The van der Waals surface area contributed by atoms with Gasteiger partial charge in [0, 0.05) is 23.3 Å². The highest BCUT2D eigenvalue weighted by atomic mass is 32.2. The summed E-state index contributed by atoms with van der Waals surface area (Å²) in [6.45, 7) is 0.638. The number of nitrogen functional groups attached to an aromatic ring is 1. The quantitative estimate of drug-likeness (QED) is 0.366. The van der Waals surface area contributed by atoms with Gasteiger partial charge < -0.3 is 25.9 Å². The monoisotopic (exact) mass is 369 g/mol. The second-order valence-corrected chi connectivity index (χ2v) is 6.98. The smallest absolute Gasteiger partial charge is 0.354 e. The molecule has 0 saturated carbocycles. The number of rotatable bonds is 5. The van der Waals surface area contributed by atoms with Crippen LogP contribution in [0, 0.1) is 0 Å². The molecule has 4 N–H and O–H groups in total. The summed E-state index contributed by atoms with van der Waals surface area (Å²) in [5.74, 6) is -0.0875. The molecule has 1 aromatic rings. The Morgan fingerprint density at radius 2 is 2.50 bits per heavy atom. The first-order chi connectivity index (χ1) is 11.6. The molecule has 0 saturated heterocycles. The van der Waals surface area contributed by atoms with Crippen LogP contribution in [0.4, 0.5) is 5.13 Å². The van der Waals surface area contributed by atoms with Crippen LogP contribution in [0.3, 0.4) is 0 Å². The highest BCUT2D eigenvalue weighted by Gasteiger charge is 2.31. The van der Waals surface area contributed by atoms with Crippen molar-refractivity contribution in [2.24, 2.45) is 5.16 Å². The number of thiazole rings is 1. The zero-order valence-corrected chi connectivity index (χ0v) is 14.3. The molecule has 1 atom stereocenters. The molecule has 11 heteroatoms. The zero-order valence-electron chi connectivity index (χ0n) is 12.7. The van der Waals surface area contributed by atoms with Gasteiger partial charge in [-0.25, -0.2) is 9.78 Å². The van der Waals surface area contributed by atoms with Crippen LogP contribution in [0.5, 0.6) is 0 Å². The number of nitrogens with zero attached hydrogens (tertiary/aromatic N) is 2. The Morgan fingerprint density at radius 1 is 1.67 bits per heavy atom. The van der Waals surface area contributed by atoms with Gasteiger partial charge in [-0.2, -0.15) is 0 Å². The van der Waals surface area contributed by atoms with E-state index in [1.807, 2.05) is 0 Å². The van der Waals surface area contributed by atoms with E-state index in [0.717, 1.165) is 5.57 Å². The van der Waals surface area contributed by atoms with Gasteiger partial charge in [0.2, 0.25) is 0 Å². The molecule has 128 valence electrons. The number of nitrogens with two attached hydrogens (primary N) is 1. The van der Waals surface area contributed by atoms with Gasteiger partial charge in [-0.05, 0) is 0 Å². The number of thioether (sulfide) groups is 1. The van der Waals surface area contributed by atoms with Crippen molar-refractivity contribution in [3.05, 3.63) is 22.3 Å². The average molecular weight is 369 g/mol. The molecule has 2 aliphatic rings. The van der Waals surface area contributed by atoms with Gasteiger partial charge in [0.25, 0.3) is 5.91 Å². The van der Waals surface area contributed by atoms with Gasteiger partial charge in [0.15, 0.2) is 10.8 Å². The number of anilines is 1. The first-order valence-electron chi connectivity index (χ1n) is 6.96. The van der Waals surface area contributed by atoms with Gasteiger partial charge in [-0.1, -0.05) is 5.16 Å². The Balaban J connectivity index is 1.60. The molecule has 3 rings (SSSR count). The molecule has 0 fully saturated rings. The van der Waals surface area contributed by atoms with E-state index in [0.29, 0.717) is 35.4 Å². The summed E-state index contributed by atoms with van der Waals surface area (Å²) in [6.07, 6.45) is 0. The molecule has 3 heterocycles. The molecular weight excluding hydrogens is 354 g/mol. The van der Waals surface area contributed by atoms with Gasteiger partial charge in [-0.3, -0.25) is 4.79 Å². The predicted octanol–water partition coefficient (Wildman–Crippen LogP) is -0.335. The second kappa shape index (κ2) is 7.09.